The molecule has 9 heteroatoms. The second-order valence-corrected chi connectivity index (χ2v) is 20.7. The number of aliphatic hydroxyl groups excluding tert-OH is 1. The highest BCUT2D eigenvalue weighted by Gasteiger charge is 2.27. The third kappa shape index (κ3) is 46.7. The molecule has 3 N–H and O–H groups in total. The van der Waals surface area contributed by atoms with Crippen molar-refractivity contribution in [3.63, 3.8) is 0 Å². The summed E-state index contributed by atoms with van der Waals surface area (Å²) in [5.41, 5.74) is 0. The molecule has 0 spiro atoms. The number of nitrogens with zero attached hydrogens (tertiary/aromatic N) is 1. The fraction of sp³-hybridized carbons (Fsp3) is 0.868. The Bertz CT molecular complexity index is 1110. The third-order valence-electron chi connectivity index (χ3n) is 11.8. The van der Waals surface area contributed by atoms with Gasteiger partial charge in [-0.25, -0.2) is 4.57 Å². The molecule has 0 aliphatic rings. The van der Waals surface area contributed by atoms with Crippen LogP contribution < -0.4 is 5.32 Å². The molecule has 0 aliphatic carbocycles. The van der Waals surface area contributed by atoms with Crippen LogP contribution in [0.15, 0.2) is 36.5 Å². The summed E-state index contributed by atoms with van der Waals surface area (Å²) in [6, 6.07) is -0.867. The minimum Gasteiger partial charge on any atom is -0.387 e. The van der Waals surface area contributed by atoms with Crippen molar-refractivity contribution >= 4 is 13.7 Å². The molecule has 0 saturated heterocycles. The van der Waals surface area contributed by atoms with Crippen LogP contribution in [0.1, 0.15) is 245 Å². The zero-order valence-corrected chi connectivity index (χ0v) is 42.5. The Morgan fingerprint density at radius 2 is 0.887 bits per heavy atom. The highest BCUT2D eigenvalue weighted by atomic mass is 31.2. The number of amides is 1. The Hall–Kier alpha value is -1.28. The van der Waals surface area contributed by atoms with Crippen molar-refractivity contribution in [1.82, 2.24) is 5.32 Å². The molecule has 0 aliphatic heterocycles. The lowest BCUT2D eigenvalue weighted by atomic mass is 10.0. The first-order valence-corrected chi connectivity index (χ1v) is 27.9. The largest absolute Gasteiger partial charge is 0.472 e. The number of quaternary nitrogens is 1. The van der Waals surface area contributed by atoms with Crippen LogP contribution in [-0.2, 0) is 18.4 Å². The number of rotatable bonds is 48. The molecule has 1 amide bonds. The van der Waals surface area contributed by atoms with E-state index >= 15 is 0 Å². The minimum absolute atomic E-state index is 0.0550. The Labute approximate surface area is 385 Å². The molecule has 0 radical (unpaired) electrons. The van der Waals surface area contributed by atoms with E-state index in [0.717, 1.165) is 44.9 Å². The average molecular weight is 896 g/mol. The van der Waals surface area contributed by atoms with E-state index in [1.54, 1.807) is 6.08 Å². The number of carbonyl (C=O) groups is 1. The van der Waals surface area contributed by atoms with E-state index in [9.17, 15) is 19.4 Å². The number of phosphoric ester groups is 1. The first kappa shape index (κ1) is 60.7. The predicted molar refractivity (Wildman–Crippen MR) is 268 cm³/mol. The van der Waals surface area contributed by atoms with Crippen molar-refractivity contribution in [2.45, 2.75) is 257 Å². The Kier molecular flexibility index (Phi) is 44.0. The standard InChI is InChI=1S/C53H103N2O6P/c1-6-8-10-12-14-16-18-20-22-24-26-27-29-31-33-35-37-39-41-43-45-47-53(57)54-51(50-61-62(58,59)60-49-48-55(3,4)5)52(56)46-44-42-40-38-36-34-32-30-28-25-23-21-19-17-15-13-11-9-7-2/h28,30,36,38,44,46,51-52,56H,6-27,29,31-35,37,39-43,45,47-50H2,1-5H3,(H-,54,57,58,59)/p+1/b30-28+,38-36+,46-44+. The zero-order valence-electron chi connectivity index (χ0n) is 41.6. The molecule has 3 unspecified atom stereocenters. The summed E-state index contributed by atoms with van der Waals surface area (Å²) in [7, 11) is 1.55. The van der Waals surface area contributed by atoms with Gasteiger partial charge in [-0.3, -0.25) is 13.8 Å². The minimum atomic E-state index is -4.35. The topological polar surface area (TPSA) is 105 Å². The lowest BCUT2D eigenvalue weighted by Gasteiger charge is -2.25. The van der Waals surface area contributed by atoms with E-state index in [-0.39, 0.29) is 19.1 Å². The zero-order chi connectivity index (χ0) is 45.7. The van der Waals surface area contributed by atoms with Crippen LogP contribution >= 0.6 is 7.82 Å². The van der Waals surface area contributed by atoms with Gasteiger partial charge in [0.05, 0.1) is 39.9 Å². The van der Waals surface area contributed by atoms with Crippen LogP contribution in [-0.4, -0.2) is 73.4 Å². The molecule has 366 valence electrons. The molecule has 0 saturated carbocycles. The fourth-order valence-electron chi connectivity index (χ4n) is 7.66. The molecular weight excluding hydrogens is 792 g/mol. The lowest BCUT2D eigenvalue weighted by Crippen LogP contribution is -2.45. The summed E-state index contributed by atoms with van der Waals surface area (Å²) in [6.45, 7) is 4.81. The van der Waals surface area contributed by atoms with Gasteiger partial charge in [0.25, 0.3) is 0 Å². The Morgan fingerprint density at radius 1 is 0.532 bits per heavy atom. The maximum Gasteiger partial charge on any atom is 0.472 e. The van der Waals surface area contributed by atoms with Crippen LogP contribution in [0.25, 0.3) is 0 Å². The van der Waals surface area contributed by atoms with E-state index in [4.69, 9.17) is 9.05 Å². The van der Waals surface area contributed by atoms with E-state index in [1.165, 1.54) is 180 Å². The van der Waals surface area contributed by atoms with Gasteiger partial charge in [0.2, 0.25) is 5.91 Å². The van der Waals surface area contributed by atoms with E-state index < -0.39 is 20.0 Å². The summed E-state index contributed by atoms with van der Waals surface area (Å²) < 4.78 is 23.6. The maximum absolute atomic E-state index is 12.9. The van der Waals surface area contributed by atoms with Crippen LogP contribution in [0.2, 0.25) is 0 Å². The number of allylic oxidation sites excluding steroid dienone is 5. The van der Waals surface area contributed by atoms with Crippen molar-refractivity contribution in [1.29, 1.82) is 0 Å². The average Bonchev–Trinajstić information content (AvgIpc) is 3.23. The summed E-state index contributed by atoms with van der Waals surface area (Å²) >= 11 is 0. The molecule has 0 fully saturated rings. The molecule has 0 bridgehead atoms. The summed E-state index contributed by atoms with van der Waals surface area (Å²) in [5.74, 6) is -0.187. The monoisotopic (exact) mass is 896 g/mol. The smallest absolute Gasteiger partial charge is 0.387 e. The second-order valence-electron chi connectivity index (χ2n) is 19.2. The molecule has 0 aromatic carbocycles. The van der Waals surface area contributed by atoms with Crippen molar-refractivity contribution in [2.24, 2.45) is 0 Å². The molecule has 0 rings (SSSR count). The molecule has 3 atom stereocenters. The van der Waals surface area contributed by atoms with Crippen LogP contribution in [0.5, 0.6) is 0 Å². The predicted octanol–water partition coefficient (Wildman–Crippen LogP) is 15.4. The summed E-state index contributed by atoms with van der Waals surface area (Å²) in [5, 5.41) is 13.9. The van der Waals surface area contributed by atoms with Gasteiger partial charge >= 0.3 is 7.82 Å². The van der Waals surface area contributed by atoms with E-state index in [0.29, 0.717) is 17.4 Å². The molecule has 0 aromatic rings. The number of carbonyl (C=O) groups excluding carboxylic acids is 1. The number of phosphoric acid groups is 1. The Balaban J connectivity index is 4.33. The molecule has 0 aromatic heterocycles. The number of aliphatic hydroxyl groups is 1. The van der Waals surface area contributed by atoms with Gasteiger partial charge in [0.15, 0.2) is 0 Å². The van der Waals surface area contributed by atoms with E-state index in [2.05, 4.69) is 43.5 Å². The van der Waals surface area contributed by atoms with Gasteiger partial charge in [0.1, 0.15) is 13.2 Å². The Morgan fingerprint density at radius 3 is 1.29 bits per heavy atom. The second kappa shape index (κ2) is 44.9. The highest BCUT2D eigenvalue weighted by molar-refractivity contribution is 7.47. The van der Waals surface area contributed by atoms with Crippen molar-refractivity contribution in [3.8, 4) is 0 Å². The first-order chi connectivity index (χ1) is 30.0. The first-order valence-electron chi connectivity index (χ1n) is 26.4. The number of nitrogens with one attached hydrogen (secondary N) is 1. The van der Waals surface area contributed by atoms with Gasteiger partial charge < -0.3 is 19.8 Å². The normalized spacial score (nSPS) is 14.4. The summed E-state index contributed by atoms with van der Waals surface area (Å²) in [4.78, 5) is 23.2. The van der Waals surface area contributed by atoms with Crippen LogP contribution in [0.4, 0.5) is 0 Å². The number of likely N-dealkylation sites (N-methyl/N-ethyl adjacent to an activating group) is 1. The lowest BCUT2D eigenvalue weighted by molar-refractivity contribution is -0.870. The number of hydrogen-bond donors (Lipinski definition) is 3. The molecule has 0 heterocycles. The molecule has 62 heavy (non-hydrogen) atoms. The van der Waals surface area contributed by atoms with Gasteiger partial charge in [-0.05, 0) is 44.9 Å². The summed E-state index contributed by atoms with van der Waals surface area (Å²) in [6.07, 6.45) is 56.6. The number of unbranched alkanes of at least 4 members (excludes halogenated alkanes) is 31. The van der Waals surface area contributed by atoms with Crippen LogP contribution in [0.3, 0.4) is 0 Å². The van der Waals surface area contributed by atoms with Gasteiger partial charge in [-0.15, -0.1) is 0 Å². The van der Waals surface area contributed by atoms with Crippen molar-refractivity contribution < 1.29 is 32.9 Å². The number of hydrogen-bond acceptors (Lipinski definition) is 5. The van der Waals surface area contributed by atoms with Crippen molar-refractivity contribution in [2.75, 3.05) is 40.9 Å². The van der Waals surface area contributed by atoms with Gasteiger partial charge in [0, 0.05) is 6.42 Å². The van der Waals surface area contributed by atoms with Gasteiger partial charge in [-0.1, -0.05) is 230 Å². The third-order valence-corrected chi connectivity index (χ3v) is 12.8. The maximum atomic E-state index is 12.9. The fourth-order valence-corrected chi connectivity index (χ4v) is 8.40. The highest BCUT2D eigenvalue weighted by Crippen LogP contribution is 2.43. The van der Waals surface area contributed by atoms with Gasteiger partial charge in [-0.2, -0.15) is 0 Å². The molecular formula is C53H104N2O6P+. The van der Waals surface area contributed by atoms with Crippen LogP contribution in [0, 0.1) is 0 Å². The van der Waals surface area contributed by atoms with E-state index in [1.807, 2.05) is 27.2 Å². The SMILES string of the molecule is CCCCCCCCCCC/C=C/CC/C=C/CC/C=C/C(O)C(COP(=O)(O)OCC[N+](C)(C)C)NC(=O)CCCCCCCCCCCCCCCCCCCCCCC. The quantitative estimate of drug-likeness (QED) is 0.0243. The molecule has 8 nitrogen and oxygen atoms in total. The van der Waals surface area contributed by atoms with Crippen molar-refractivity contribution in [3.05, 3.63) is 36.5 Å².